The van der Waals surface area contributed by atoms with Crippen LogP contribution in [0.2, 0.25) is 0 Å². The van der Waals surface area contributed by atoms with Crippen molar-refractivity contribution in [1.29, 1.82) is 0 Å². The van der Waals surface area contributed by atoms with Crippen LogP contribution in [0.15, 0.2) is 40.2 Å². The van der Waals surface area contributed by atoms with Gasteiger partial charge >= 0.3 is 0 Å². The Balaban J connectivity index is 2.59. The quantitative estimate of drug-likeness (QED) is 0.655. The first-order chi connectivity index (χ1) is 5.61. The van der Waals surface area contributed by atoms with Crippen LogP contribution in [-0.2, 0) is 0 Å². The van der Waals surface area contributed by atoms with E-state index >= 15 is 0 Å². The summed E-state index contributed by atoms with van der Waals surface area (Å²) in [4.78, 5) is 3.98. The fraction of sp³-hybridized carbons (Fsp3) is 0.125. The van der Waals surface area contributed by atoms with E-state index in [1.807, 2.05) is 0 Å². The van der Waals surface area contributed by atoms with Crippen molar-refractivity contribution in [2.45, 2.75) is 3.78 Å². The maximum Gasteiger partial charge on any atom is 0.148 e. The topological polar surface area (TPSA) is 32.6 Å². The molecule has 4 heteroatoms. The van der Waals surface area contributed by atoms with E-state index < -0.39 is 3.78 Å². The van der Waals surface area contributed by atoms with Gasteiger partial charge in [-0.1, -0.05) is 33.6 Å². The van der Waals surface area contributed by atoms with Gasteiger partial charge in [0.25, 0.3) is 0 Å². The number of alkyl halides is 2. The fourth-order valence-corrected chi connectivity index (χ4v) is 2.03. The Hall–Kier alpha value is -0.540. The van der Waals surface area contributed by atoms with Crippen LogP contribution in [-0.4, -0.2) is 15.1 Å². The van der Waals surface area contributed by atoms with Crippen LogP contribution in [0.4, 0.5) is 0 Å². The molecule has 2 rings (SSSR count). The van der Waals surface area contributed by atoms with Crippen molar-refractivity contribution in [3.63, 3.8) is 0 Å². The summed E-state index contributed by atoms with van der Waals surface area (Å²) in [6.07, 6.45) is 6.75. The summed E-state index contributed by atoms with van der Waals surface area (Å²) in [6, 6.07) is 0. The molecular formula is C8H5BrClNO. The summed E-state index contributed by atoms with van der Waals surface area (Å²) < 4.78 is -0.808. The molecule has 1 unspecified atom stereocenters. The lowest BCUT2D eigenvalue weighted by molar-refractivity contribution is 0.442. The summed E-state index contributed by atoms with van der Waals surface area (Å²) in [7, 11) is 0. The molecular weight excluding hydrogens is 241 g/mol. The molecule has 0 spiro atoms. The van der Waals surface area contributed by atoms with Crippen molar-refractivity contribution in [3.8, 4) is 0 Å². The molecule has 12 heavy (non-hydrogen) atoms. The second-order valence-corrected chi connectivity index (χ2v) is 4.86. The average molecular weight is 246 g/mol. The molecule has 1 N–H and O–H groups in total. The number of aliphatic hydroxyl groups excluding tert-OH is 1. The van der Waals surface area contributed by atoms with Gasteiger partial charge in [-0.25, -0.2) is 0 Å². The lowest BCUT2D eigenvalue weighted by Gasteiger charge is -2.20. The number of nitrogens with zero attached hydrogens (tertiary/aromatic N) is 1. The summed E-state index contributed by atoms with van der Waals surface area (Å²) in [6.45, 7) is 0. The highest BCUT2D eigenvalue weighted by atomic mass is 79.9. The zero-order valence-electron chi connectivity index (χ0n) is 5.96. The summed E-state index contributed by atoms with van der Waals surface area (Å²) in [5, 5.41) is 9.40. The SMILES string of the molecule is OC1=C2C(=CC=CC2(Cl)Br)N=C1. The molecule has 0 bridgehead atoms. The first-order valence-corrected chi connectivity index (χ1v) is 4.54. The number of hydrogen-bond acceptors (Lipinski definition) is 2. The maximum absolute atomic E-state index is 9.40. The summed E-state index contributed by atoms with van der Waals surface area (Å²) >= 11 is 9.34. The molecule has 2 aliphatic rings. The molecule has 0 saturated carbocycles. The minimum atomic E-state index is -0.808. The molecule has 0 fully saturated rings. The van der Waals surface area contributed by atoms with E-state index in [9.17, 15) is 5.11 Å². The van der Waals surface area contributed by atoms with Gasteiger partial charge in [0.1, 0.15) is 9.54 Å². The highest BCUT2D eigenvalue weighted by Crippen LogP contribution is 2.43. The predicted octanol–water partition coefficient (Wildman–Crippen LogP) is 2.67. The van der Waals surface area contributed by atoms with Gasteiger partial charge in [0.2, 0.25) is 0 Å². The Morgan fingerprint density at radius 3 is 3.00 bits per heavy atom. The second-order valence-electron chi connectivity index (χ2n) is 2.55. The smallest absolute Gasteiger partial charge is 0.148 e. The summed E-state index contributed by atoms with van der Waals surface area (Å²) in [5.41, 5.74) is 1.33. The highest BCUT2D eigenvalue weighted by molar-refractivity contribution is 9.10. The summed E-state index contributed by atoms with van der Waals surface area (Å²) in [5.74, 6) is 0.123. The first kappa shape index (κ1) is 8.08. The predicted molar refractivity (Wildman–Crippen MR) is 52.9 cm³/mol. The van der Waals surface area contributed by atoms with Crippen LogP contribution < -0.4 is 0 Å². The Labute approximate surface area is 83.1 Å². The molecule has 1 aliphatic carbocycles. The number of halogens is 2. The van der Waals surface area contributed by atoms with Gasteiger partial charge in [-0.05, 0) is 12.2 Å². The minimum Gasteiger partial charge on any atom is -0.506 e. The van der Waals surface area contributed by atoms with Crippen LogP contribution >= 0.6 is 27.5 Å². The Kier molecular flexibility index (Phi) is 1.66. The third-order valence-electron chi connectivity index (χ3n) is 1.73. The van der Waals surface area contributed by atoms with Gasteiger partial charge in [-0.15, -0.1) is 0 Å². The largest absolute Gasteiger partial charge is 0.506 e. The minimum absolute atomic E-state index is 0.123. The van der Waals surface area contributed by atoms with Gasteiger partial charge in [-0.3, -0.25) is 4.99 Å². The number of fused-ring (bicyclic) bond motifs is 1. The zero-order chi connectivity index (χ0) is 8.77. The van der Waals surface area contributed by atoms with Gasteiger partial charge in [0.15, 0.2) is 0 Å². The molecule has 62 valence electrons. The van der Waals surface area contributed by atoms with E-state index in [0.29, 0.717) is 11.3 Å². The Morgan fingerprint density at radius 1 is 1.58 bits per heavy atom. The average Bonchev–Trinajstić information content (AvgIpc) is 2.32. The molecule has 0 aromatic carbocycles. The first-order valence-electron chi connectivity index (χ1n) is 3.37. The Bertz CT molecular complexity index is 352. The monoisotopic (exact) mass is 245 g/mol. The lowest BCUT2D eigenvalue weighted by atomic mass is 10.0. The van der Waals surface area contributed by atoms with Gasteiger partial charge in [-0.2, -0.15) is 0 Å². The highest BCUT2D eigenvalue weighted by Gasteiger charge is 2.35. The van der Waals surface area contributed by atoms with Crippen LogP contribution in [0.1, 0.15) is 0 Å². The number of aliphatic hydroxyl groups is 1. The van der Waals surface area contributed by atoms with Crippen molar-refractivity contribution >= 4 is 33.7 Å². The molecule has 0 radical (unpaired) electrons. The van der Waals surface area contributed by atoms with Gasteiger partial charge in [0, 0.05) is 0 Å². The molecule has 0 saturated heterocycles. The number of aliphatic imine (C=N–C) groups is 1. The lowest BCUT2D eigenvalue weighted by Crippen LogP contribution is -2.16. The van der Waals surface area contributed by atoms with E-state index in [0.717, 1.165) is 0 Å². The van der Waals surface area contributed by atoms with Crippen LogP contribution in [0.5, 0.6) is 0 Å². The molecule has 0 aromatic rings. The van der Waals surface area contributed by atoms with E-state index in [1.54, 1.807) is 18.2 Å². The van der Waals surface area contributed by atoms with Crippen molar-refractivity contribution < 1.29 is 5.11 Å². The van der Waals surface area contributed by atoms with Crippen LogP contribution in [0.3, 0.4) is 0 Å². The third-order valence-corrected chi connectivity index (χ3v) is 2.71. The number of allylic oxidation sites excluding steroid dienone is 5. The van der Waals surface area contributed by atoms with E-state index in [-0.39, 0.29) is 5.76 Å². The molecule has 0 aromatic heterocycles. The van der Waals surface area contributed by atoms with Gasteiger partial charge < -0.3 is 5.11 Å². The normalized spacial score (nSPS) is 32.3. The van der Waals surface area contributed by atoms with E-state index in [2.05, 4.69) is 20.9 Å². The van der Waals surface area contributed by atoms with Crippen molar-refractivity contribution in [3.05, 3.63) is 35.3 Å². The fourth-order valence-electron chi connectivity index (χ4n) is 1.20. The standard InChI is InChI=1S/C8H5BrClNO/c9-8(10)3-1-2-5-7(8)6(12)4-11-5/h1-4,12H. The van der Waals surface area contributed by atoms with Crippen LogP contribution in [0.25, 0.3) is 0 Å². The van der Waals surface area contributed by atoms with Crippen molar-refractivity contribution in [2.24, 2.45) is 4.99 Å². The third kappa shape index (κ3) is 1.04. The number of rotatable bonds is 0. The molecule has 1 heterocycles. The molecule has 1 aliphatic heterocycles. The van der Waals surface area contributed by atoms with Crippen molar-refractivity contribution in [1.82, 2.24) is 0 Å². The molecule has 2 nitrogen and oxygen atoms in total. The molecule has 0 amide bonds. The van der Waals surface area contributed by atoms with Crippen LogP contribution in [0, 0.1) is 0 Å². The Morgan fingerprint density at radius 2 is 2.33 bits per heavy atom. The van der Waals surface area contributed by atoms with Gasteiger partial charge in [0.05, 0.1) is 17.5 Å². The number of hydrogen-bond donors (Lipinski definition) is 1. The maximum atomic E-state index is 9.40. The van der Waals surface area contributed by atoms with E-state index in [4.69, 9.17) is 11.6 Å². The van der Waals surface area contributed by atoms with Crippen molar-refractivity contribution in [2.75, 3.05) is 0 Å². The zero-order valence-corrected chi connectivity index (χ0v) is 8.30. The molecule has 1 atom stereocenters. The van der Waals surface area contributed by atoms with E-state index in [1.165, 1.54) is 6.21 Å². The second kappa shape index (κ2) is 2.47.